The zero-order chi connectivity index (χ0) is 29.1. The van der Waals surface area contributed by atoms with Crippen molar-refractivity contribution in [2.24, 2.45) is 0 Å². The van der Waals surface area contributed by atoms with E-state index in [2.05, 4.69) is 76.2 Å². The molecule has 6 heteroatoms. The van der Waals surface area contributed by atoms with Gasteiger partial charge in [-0.15, -0.1) is 0 Å². The number of carbonyl (C=O) groups excluding carboxylic acids is 1. The van der Waals surface area contributed by atoms with Gasteiger partial charge in [0.25, 0.3) is 8.32 Å². The van der Waals surface area contributed by atoms with Gasteiger partial charge in [-0.05, 0) is 35.3 Å². The Balaban J connectivity index is 1.93. The summed E-state index contributed by atoms with van der Waals surface area (Å²) in [5.41, 5.74) is 1.27. The van der Waals surface area contributed by atoms with Gasteiger partial charge in [0.1, 0.15) is 17.2 Å². The molecule has 0 unspecified atom stereocenters. The van der Waals surface area contributed by atoms with Crippen LogP contribution in [-0.4, -0.2) is 41.5 Å². The van der Waals surface area contributed by atoms with Crippen LogP contribution in [0.15, 0.2) is 78.9 Å². The first-order valence-corrected chi connectivity index (χ1v) is 15.5. The van der Waals surface area contributed by atoms with Crippen molar-refractivity contribution in [2.45, 2.75) is 52.2 Å². The first kappa shape index (κ1) is 29.4. The van der Waals surface area contributed by atoms with E-state index in [4.69, 9.17) is 18.6 Å². The molecule has 0 bridgehead atoms. The standard InChI is InChI=1S/C34H40O5Si/c1-23(39-40(34(3,4)5,25-16-11-9-12-17-25)26-18-13-10-14-19-26)22-28-30(24(2)35)33(38-8)31-27(32(28)37-7)20-15-21-29(31)36-6/h9-21,23H,22H2,1-8H3/t23-/m0/s1. The number of ketones is 1. The van der Waals surface area contributed by atoms with E-state index < -0.39 is 8.32 Å². The topological polar surface area (TPSA) is 54.0 Å². The average Bonchev–Trinajstić information content (AvgIpc) is 2.94. The van der Waals surface area contributed by atoms with Gasteiger partial charge in [-0.25, -0.2) is 0 Å². The highest BCUT2D eigenvalue weighted by Crippen LogP contribution is 2.46. The smallest absolute Gasteiger partial charge is 0.261 e. The van der Waals surface area contributed by atoms with E-state index in [-0.39, 0.29) is 16.9 Å². The Kier molecular flexibility index (Phi) is 8.71. The molecular weight excluding hydrogens is 516 g/mol. The predicted molar refractivity (Wildman–Crippen MR) is 165 cm³/mol. The fourth-order valence-electron chi connectivity index (χ4n) is 5.99. The molecule has 0 amide bonds. The van der Waals surface area contributed by atoms with Gasteiger partial charge < -0.3 is 18.6 Å². The summed E-state index contributed by atoms with van der Waals surface area (Å²) < 4.78 is 24.9. The van der Waals surface area contributed by atoms with E-state index in [1.807, 2.05) is 30.3 Å². The fourth-order valence-corrected chi connectivity index (χ4v) is 10.7. The summed E-state index contributed by atoms with van der Waals surface area (Å²) in [6.45, 7) is 10.4. The van der Waals surface area contributed by atoms with Gasteiger partial charge in [-0.2, -0.15) is 0 Å². The molecule has 0 aliphatic rings. The number of Topliss-reactive ketones (excluding diaryl/α,β-unsaturated/α-hetero) is 1. The lowest BCUT2D eigenvalue weighted by atomic mass is 9.92. The van der Waals surface area contributed by atoms with E-state index in [9.17, 15) is 4.79 Å². The van der Waals surface area contributed by atoms with Crippen LogP contribution in [0.3, 0.4) is 0 Å². The van der Waals surface area contributed by atoms with Crippen molar-refractivity contribution in [3.8, 4) is 17.2 Å². The van der Waals surface area contributed by atoms with Gasteiger partial charge in [0.05, 0.1) is 32.3 Å². The molecule has 0 N–H and O–H groups in total. The predicted octanol–water partition coefficient (Wildman–Crippen LogP) is 6.58. The molecule has 210 valence electrons. The minimum atomic E-state index is -2.81. The summed E-state index contributed by atoms with van der Waals surface area (Å²) in [6, 6.07) is 26.9. The highest BCUT2D eigenvalue weighted by molar-refractivity contribution is 6.99. The summed E-state index contributed by atoms with van der Waals surface area (Å²) in [5, 5.41) is 3.79. The Labute approximate surface area is 239 Å². The largest absolute Gasteiger partial charge is 0.496 e. The Morgan fingerprint density at radius 1 is 0.775 bits per heavy atom. The van der Waals surface area contributed by atoms with Crippen molar-refractivity contribution in [3.63, 3.8) is 0 Å². The van der Waals surface area contributed by atoms with Gasteiger partial charge in [-0.1, -0.05) is 93.6 Å². The van der Waals surface area contributed by atoms with Crippen LogP contribution in [0.4, 0.5) is 0 Å². The van der Waals surface area contributed by atoms with Crippen LogP contribution in [0.1, 0.15) is 50.5 Å². The van der Waals surface area contributed by atoms with Crippen LogP contribution >= 0.6 is 0 Å². The molecule has 5 nitrogen and oxygen atoms in total. The molecule has 0 aromatic heterocycles. The van der Waals surface area contributed by atoms with Gasteiger partial charge >= 0.3 is 0 Å². The third-order valence-corrected chi connectivity index (χ3v) is 12.7. The normalized spacial score (nSPS) is 12.7. The summed E-state index contributed by atoms with van der Waals surface area (Å²) in [5.74, 6) is 1.65. The minimum Gasteiger partial charge on any atom is -0.496 e. The lowest BCUT2D eigenvalue weighted by Gasteiger charge is -2.44. The van der Waals surface area contributed by atoms with E-state index in [0.717, 1.165) is 16.3 Å². The lowest BCUT2D eigenvalue weighted by molar-refractivity contribution is 0.101. The van der Waals surface area contributed by atoms with Crippen molar-refractivity contribution in [1.82, 2.24) is 0 Å². The van der Waals surface area contributed by atoms with Crippen molar-refractivity contribution in [2.75, 3.05) is 21.3 Å². The van der Waals surface area contributed by atoms with Crippen LogP contribution in [0.25, 0.3) is 10.8 Å². The molecule has 0 aliphatic heterocycles. The van der Waals surface area contributed by atoms with E-state index in [1.54, 1.807) is 28.3 Å². The van der Waals surface area contributed by atoms with Crippen LogP contribution in [-0.2, 0) is 10.8 Å². The SMILES string of the molecule is COc1c(C[C@H](C)O[Si](c2ccccc2)(c2ccccc2)C(C)(C)C)c(C(C)=O)c(OC)c2c(OC)cccc12. The Hall–Kier alpha value is -3.61. The molecular formula is C34H40O5Si. The third-order valence-electron chi connectivity index (χ3n) is 7.57. The first-order chi connectivity index (χ1) is 19.1. The Morgan fingerprint density at radius 2 is 1.32 bits per heavy atom. The maximum Gasteiger partial charge on any atom is 0.261 e. The second-order valence-electron chi connectivity index (χ2n) is 11.2. The van der Waals surface area contributed by atoms with Crippen LogP contribution in [0, 0.1) is 0 Å². The fraction of sp³-hybridized carbons (Fsp3) is 0.324. The van der Waals surface area contributed by atoms with E-state index in [1.165, 1.54) is 10.4 Å². The van der Waals surface area contributed by atoms with Crippen molar-refractivity contribution in [1.29, 1.82) is 0 Å². The molecule has 0 aliphatic carbocycles. The number of fused-ring (bicyclic) bond motifs is 1. The zero-order valence-electron chi connectivity index (χ0n) is 24.8. The third kappa shape index (κ3) is 5.14. The van der Waals surface area contributed by atoms with Gasteiger partial charge in [0.2, 0.25) is 0 Å². The summed E-state index contributed by atoms with van der Waals surface area (Å²) in [6.07, 6.45) is 0.220. The Morgan fingerprint density at radius 3 is 1.77 bits per heavy atom. The minimum absolute atomic E-state index is 0.101. The molecule has 0 spiro atoms. The first-order valence-electron chi connectivity index (χ1n) is 13.6. The molecule has 40 heavy (non-hydrogen) atoms. The lowest BCUT2D eigenvalue weighted by Crippen LogP contribution is -2.67. The van der Waals surface area contributed by atoms with Crippen molar-refractivity contribution < 1.29 is 23.4 Å². The van der Waals surface area contributed by atoms with E-state index in [0.29, 0.717) is 29.2 Å². The highest BCUT2D eigenvalue weighted by atomic mass is 28.4. The number of benzene rings is 4. The second kappa shape index (κ2) is 11.9. The number of rotatable bonds is 10. The second-order valence-corrected chi connectivity index (χ2v) is 15.4. The molecule has 4 rings (SSSR count). The zero-order valence-corrected chi connectivity index (χ0v) is 25.8. The van der Waals surface area contributed by atoms with Gasteiger partial charge in [-0.3, -0.25) is 4.79 Å². The summed E-state index contributed by atoms with van der Waals surface area (Å²) >= 11 is 0. The monoisotopic (exact) mass is 556 g/mol. The Bertz CT molecular complexity index is 1440. The van der Waals surface area contributed by atoms with Gasteiger partial charge in [0.15, 0.2) is 5.78 Å². The quantitative estimate of drug-likeness (QED) is 0.163. The maximum atomic E-state index is 13.2. The average molecular weight is 557 g/mol. The number of methoxy groups -OCH3 is 3. The summed E-state index contributed by atoms with van der Waals surface area (Å²) in [7, 11) is 2.04. The molecule has 0 heterocycles. The molecule has 0 saturated carbocycles. The van der Waals surface area contributed by atoms with Crippen molar-refractivity contribution >= 4 is 35.2 Å². The van der Waals surface area contributed by atoms with Crippen molar-refractivity contribution in [3.05, 3.63) is 90.0 Å². The summed E-state index contributed by atoms with van der Waals surface area (Å²) in [4.78, 5) is 13.2. The number of carbonyl (C=O) groups is 1. The number of hydrogen-bond acceptors (Lipinski definition) is 5. The molecule has 0 radical (unpaired) electrons. The maximum absolute atomic E-state index is 13.2. The highest BCUT2D eigenvalue weighted by Gasteiger charge is 2.51. The van der Waals surface area contributed by atoms with Gasteiger partial charge in [0, 0.05) is 23.5 Å². The molecule has 4 aromatic carbocycles. The number of hydrogen-bond donors (Lipinski definition) is 0. The molecule has 4 aromatic rings. The number of ether oxygens (including phenoxy) is 3. The molecule has 0 fully saturated rings. The van der Waals surface area contributed by atoms with Crippen LogP contribution < -0.4 is 24.6 Å². The van der Waals surface area contributed by atoms with E-state index >= 15 is 0 Å². The van der Waals surface area contributed by atoms with Crippen LogP contribution in [0.2, 0.25) is 5.04 Å². The molecule has 0 saturated heterocycles. The molecule has 1 atom stereocenters. The van der Waals surface area contributed by atoms with Crippen LogP contribution in [0.5, 0.6) is 17.2 Å².